The van der Waals surface area contributed by atoms with Gasteiger partial charge in [-0.1, -0.05) is 20.8 Å². The molecule has 0 bridgehead atoms. The molecule has 0 radical (unpaired) electrons. The van der Waals surface area contributed by atoms with Crippen LogP contribution in [0.15, 0.2) is 0 Å². The van der Waals surface area contributed by atoms with Crippen molar-refractivity contribution in [1.82, 2.24) is 4.90 Å². The average molecular weight is 112 g/mol. The van der Waals surface area contributed by atoms with E-state index < -0.39 is 0 Å². The molecule has 0 aliphatic rings. The number of hydrogen-bond donors (Lipinski definition) is 0. The van der Waals surface area contributed by atoms with E-state index in [1.807, 2.05) is 0 Å². The van der Waals surface area contributed by atoms with Crippen molar-refractivity contribution in [1.29, 1.82) is 0 Å². The van der Waals surface area contributed by atoms with Crippen molar-refractivity contribution in [2.75, 3.05) is 19.6 Å². The first-order valence-corrected chi connectivity index (χ1v) is 3.07. The van der Waals surface area contributed by atoms with Gasteiger partial charge in [-0.2, -0.15) is 0 Å². The van der Waals surface area contributed by atoms with Crippen molar-refractivity contribution in [3.8, 4) is 0 Å². The van der Waals surface area contributed by atoms with E-state index in [4.69, 9.17) is 0 Å². The Kier molecular flexibility index (Phi) is 9.80. The van der Waals surface area contributed by atoms with Gasteiger partial charge in [0.25, 0.3) is 0 Å². The summed E-state index contributed by atoms with van der Waals surface area (Å²) in [6.45, 7) is 10.1. The summed E-state index contributed by atoms with van der Waals surface area (Å²) in [6.07, 6.45) is 0. The van der Waals surface area contributed by atoms with Crippen LogP contribution in [-0.4, -0.2) is 34.7 Å². The molecule has 0 aromatic rings. The first-order chi connectivity index (χ1) is 3.35. The second kappa shape index (κ2) is 7.13. The van der Waals surface area contributed by atoms with Crippen LogP contribution in [-0.2, 0) is 0 Å². The fraction of sp³-hybridized carbons (Fsp3) is 1.00. The molecule has 0 aromatic carbocycles. The van der Waals surface area contributed by atoms with Crippen LogP contribution in [0, 0.1) is 0 Å². The molecular formula is C6H17BeN. The molecule has 2 heteroatoms. The van der Waals surface area contributed by atoms with E-state index in [-0.39, 0.29) is 10.1 Å². The quantitative estimate of drug-likeness (QED) is 0.479. The summed E-state index contributed by atoms with van der Waals surface area (Å²) in [6, 6.07) is 0. The molecule has 1 nitrogen and oxygen atoms in total. The van der Waals surface area contributed by atoms with Crippen LogP contribution in [0.25, 0.3) is 0 Å². The van der Waals surface area contributed by atoms with E-state index in [0.717, 1.165) is 0 Å². The monoisotopic (exact) mass is 112 g/mol. The van der Waals surface area contributed by atoms with Gasteiger partial charge < -0.3 is 4.90 Å². The van der Waals surface area contributed by atoms with E-state index in [1.54, 1.807) is 0 Å². The van der Waals surface area contributed by atoms with Gasteiger partial charge in [0.15, 0.2) is 0 Å². The standard InChI is InChI=1S/C6H15N.Be.2H/c1-4-7(5-2)6-3;;;/h4-6H2,1-3H3;;;. The van der Waals surface area contributed by atoms with Crippen molar-refractivity contribution in [3.05, 3.63) is 0 Å². The summed E-state index contributed by atoms with van der Waals surface area (Å²) in [7, 11) is 0. The third kappa shape index (κ3) is 4.29. The summed E-state index contributed by atoms with van der Waals surface area (Å²) in [5.41, 5.74) is 0. The molecule has 0 unspecified atom stereocenters. The zero-order valence-corrected chi connectivity index (χ0v) is 5.57. The van der Waals surface area contributed by atoms with Crippen molar-refractivity contribution in [2.24, 2.45) is 0 Å². The van der Waals surface area contributed by atoms with E-state index in [0.29, 0.717) is 0 Å². The Morgan fingerprint density at radius 2 is 1.12 bits per heavy atom. The van der Waals surface area contributed by atoms with E-state index in [2.05, 4.69) is 25.7 Å². The van der Waals surface area contributed by atoms with Crippen molar-refractivity contribution >= 4 is 10.1 Å². The maximum absolute atomic E-state index is 2.38. The first-order valence-electron chi connectivity index (χ1n) is 3.07. The molecule has 0 aliphatic carbocycles. The Hall–Kier alpha value is 0.129. The van der Waals surface area contributed by atoms with Crippen molar-refractivity contribution in [2.45, 2.75) is 20.8 Å². The van der Waals surface area contributed by atoms with Crippen LogP contribution in [0.5, 0.6) is 0 Å². The molecule has 48 valence electrons. The number of hydrogen-bond acceptors (Lipinski definition) is 1. The van der Waals surface area contributed by atoms with E-state index in [9.17, 15) is 0 Å². The molecule has 0 amide bonds. The predicted octanol–water partition coefficient (Wildman–Crippen LogP) is 0.432. The summed E-state index contributed by atoms with van der Waals surface area (Å²) >= 11 is 0. The molecule has 0 saturated carbocycles. The maximum atomic E-state index is 2.38. The van der Waals surface area contributed by atoms with E-state index in [1.165, 1.54) is 19.6 Å². The minimum atomic E-state index is 0. The summed E-state index contributed by atoms with van der Waals surface area (Å²) < 4.78 is 0. The first kappa shape index (κ1) is 11.0. The summed E-state index contributed by atoms with van der Waals surface area (Å²) in [4.78, 5) is 2.38. The second-order valence-corrected chi connectivity index (χ2v) is 1.62. The molecule has 0 heterocycles. The van der Waals surface area contributed by atoms with Crippen LogP contribution in [0.4, 0.5) is 0 Å². The second-order valence-electron chi connectivity index (χ2n) is 1.62. The molecule has 0 spiro atoms. The number of rotatable bonds is 3. The van der Waals surface area contributed by atoms with Gasteiger partial charge in [0.05, 0.1) is 0 Å². The van der Waals surface area contributed by atoms with Crippen LogP contribution in [0.2, 0.25) is 0 Å². The van der Waals surface area contributed by atoms with Gasteiger partial charge in [0.2, 0.25) is 0 Å². The van der Waals surface area contributed by atoms with Crippen LogP contribution in [0.1, 0.15) is 20.8 Å². The molecule has 0 atom stereocenters. The normalized spacial score (nSPS) is 9.00. The Bertz CT molecular complexity index is 30.0. The Morgan fingerprint density at radius 1 is 0.875 bits per heavy atom. The molecule has 0 aliphatic heterocycles. The molecule has 8 heavy (non-hydrogen) atoms. The SMILES string of the molecule is CCN(CC)CC.[BeH2]. The molecule has 0 aromatic heterocycles. The van der Waals surface area contributed by atoms with Gasteiger partial charge >= 0.3 is 10.1 Å². The van der Waals surface area contributed by atoms with Crippen LogP contribution in [0.3, 0.4) is 0 Å². The van der Waals surface area contributed by atoms with Gasteiger partial charge in [0.1, 0.15) is 0 Å². The Balaban J connectivity index is 0. The molecular weight excluding hydrogens is 95.1 g/mol. The average Bonchev–Trinajstić information content (AvgIpc) is 1.72. The predicted molar refractivity (Wildman–Crippen MR) is 42.0 cm³/mol. The van der Waals surface area contributed by atoms with E-state index >= 15 is 0 Å². The van der Waals surface area contributed by atoms with Crippen LogP contribution < -0.4 is 0 Å². The molecule has 0 rings (SSSR count). The zero-order valence-electron chi connectivity index (χ0n) is 5.57. The fourth-order valence-corrected chi connectivity index (χ4v) is 0.671. The van der Waals surface area contributed by atoms with Gasteiger partial charge in [-0.15, -0.1) is 0 Å². The molecule has 0 fully saturated rings. The van der Waals surface area contributed by atoms with Gasteiger partial charge in [-0.05, 0) is 19.6 Å². The van der Waals surface area contributed by atoms with Gasteiger partial charge in [-0.25, -0.2) is 0 Å². The number of nitrogens with zero attached hydrogens (tertiary/aromatic N) is 1. The minimum absolute atomic E-state index is 0. The van der Waals surface area contributed by atoms with Crippen LogP contribution >= 0.6 is 0 Å². The fourth-order valence-electron chi connectivity index (χ4n) is 0.671. The van der Waals surface area contributed by atoms with Crippen molar-refractivity contribution in [3.63, 3.8) is 0 Å². The molecule has 0 N–H and O–H groups in total. The Morgan fingerprint density at radius 3 is 1.12 bits per heavy atom. The summed E-state index contributed by atoms with van der Waals surface area (Å²) in [5.74, 6) is 0. The van der Waals surface area contributed by atoms with Gasteiger partial charge in [-0.3, -0.25) is 0 Å². The van der Waals surface area contributed by atoms with Crippen molar-refractivity contribution < 1.29 is 0 Å². The van der Waals surface area contributed by atoms with Gasteiger partial charge in [0, 0.05) is 0 Å². The topological polar surface area (TPSA) is 3.24 Å². The Labute approximate surface area is 56.3 Å². The third-order valence-electron chi connectivity index (χ3n) is 1.34. The third-order valence-corrected chi connectivity index (χ3v) is 1.34. The zero-order chi connectivity index (χ0) is 5.70. The summed E-state index contributed by atoms with van der Waals surface area (Å²) in [5, 5.41) is 0. The molecule has 0 saturated heterocycles.